The molecule has 0 aliphatic carbocycles. The normalized spacial score (nSPS) is 19.3. The van der Waals surface area contributed by atoms with Crippen molar-refractivity contribution < 1.29 is 22.7 Å². The van der Waals surface area contributed by atoms with E-state index in [2.05, 4.69) is 4.98 Å². The van der Waals surface area contributed by atoms with E-state index in [4.69, 9.17) is 4.74 Å². The van der Waals surface area contributed by atoms with Gasteiger partial charge in [0.1, 0.15) is 5.69 Å². The van der Waals surface area contributed by atoms with Gasteiger partial charge in [0.25, 0.3) is 11.5 Å². The lowest BCUT2D eigenvalue weighted by molar-refractivity contribution is -0.141. The highest BCUT2D eigenvalue weighted by Crippen LogP contribution is 2.19. The molecule has 2 aromatic rings. The number of H-pyrrole nitrogens is 1. The Morgan fingerprint density at radius 1 is 1.32 bits per heavy atom. The number of hydrogen-bond donors (Lipinski definition) is 1. The second kappa shape index (κ2) is 7.75. The van der Waals surface area contributed by atoms with Crippen LogP contribution in [0.3, 0.4) is 0 Å². The van der Waals surface area contributed by atoms with Gasteiger partial charge in [0.05, 0.1) is 11.5 Å². The van der Waals surface area contributed by atoms with Crippen LogP contribution in [-0.4, -0.2) is 60.4 Å². The summed E-state index contributed by atoms with van der Waals surface area (Å²) in [6.07, 6.45) is -0.730. The fourth-order valence-electron chi connectivity index (χ4n) is 3.44. The number of nitrogens with zero attached hydrogens (tertiary/aromatic N) is 1. The minimum Gasteiger partial charge on any atom is -0.448 e. The number of sulfone groups is 1. The van der Waals surface area contributed by atoms with Crippen molar-refractivity contribution >= 4 is 32.5 Å². The molecule has 2 atom stereocenters. The molecule has 8 nitrogen and oxygen atoms in total. The molecule has 0 radical (unpaired) electrons. The molecule has 9 heteroatoms. The lowest BCUT2D eigenvalue weighted by Crippen LogP contribution is -2.46. The number of aromatic nitrogens is 1. The maximum atomic E-state index is 12.7. The summed E-state index contributed by atoms with van der Waals surface area (Å²) >= 11 is 0. The van der Waals surface area contributed by atoms with Crippen molar-refractivity contribution in [2.75, 3.05) is 18.1 Å². The number of hydrogen-bond acceptors (Lipinski definition) is 6. The Kier molecular flexibility index (Phi) is 5.55. The molecule has 28 heavy (non-hydrogen) atoms. The molecular weight excluding hydrogens is 384 g/mol. The summed E-state index contributed by atoms with van der Waals surface area (Å²) in [5, 5.41) is 1.03. The largest absolute Gasteiger partial charge is 0.448 e. The number of pyridine rings is 1. The number of fused-ring (bicyclic) bond motifs is 1. The van der Waals surface area contributed by atoms with Crippen LogP contribution in [0, 0.1) is 0 Å². The fourth-order valence-corrected chi connectivity index (χ4v) is 5.17. The topological polar surface area (TPSA) is 114 Å². The van der Waals surface area contributed by atoms with Gasteiger partial charge in [-0.25, -0.2) is 13.2 Å². The van der Waals surface area contributed by atoms with E-state index in [9.17, 15) is 22.8 Å². The zero-order valence-corrected chi connectivity index (χ0v) is 16.5. The van der Waals surface area contributed by atoms with Crippen LogP contribution in [0.4, 0.5) is 0 Å². The van der Waals surface area contributed by atoms with E-state index in [1.54, 1.807) is 31.2 Å². The fraction of sp³-hybridized carbons (Fsp3) is 0.421. The molecule has 1 aromatic carbocycles. The van der Waals surface area contributed by atoms with Crippen LogP contribution in [-0.2, 0) is 19.4 Å². The second-order valence-corrected chi connectivity index (χ2v) is 9.06. The van der Waals surface area contributed by atoms with Gasteiger partial charge in [-0.15, -0.1) is 0 Å². The first kappa shape index (κ1) is 20.1. The number of carbonyl (C=O) groups is 2. The van der Waals surface area contributed by atoms with Gasteiger partial charge < -0.3 is 14.6 Å². The summed E-state index contributed by atoms with van der Waals surface area (Å²) in [6, 6.07) is 7.90. The Balaban J connectivity index is 1.74. The molecule has 3 rings (SSSR count). The molecule has 1 aliphatic heterocycles. The first-order valence-corrected chi connectivity index (χ1v) is 10.9. The molecule has 2 heterocycles. The standard InChI is InChI=1S/C19H22N2O6S/c1-3-21(14-8-9-28(25,26)11-14)18(23)12(2)27-19(24)16-10-13-6-4-5-7-15(13)17(22)20-16/h4-7,10,12,14H,3,8-9,11H2,1-2H3,(H,20,22)/t12-,14-/m0/s1. The molecule has 0 spiro atoms. The van der Waals surface area contributed by atoms with Gasteiger partial charge in [-0.1, -0.05) is 18.2 Å². The highest BCUT2D eigenvalue weighted by Gasteiger charge is 2.36. The third-order valence-corrected chi connectivity index (χ3v) is 6.63. The monoisotopic (exact) mass is 406 g/mol. The van der Waals surface area contributed by atoms with Crippen molar-refractivity contribution in [1.82, 2.24) is 9.88 Å². The second-order valence-electron chi connectivity index (χ2n) is 6.83. The Labute approximate surface area is 162 Å². The summed E-state index contributed by atoms with van der Waals surface area (Å²) in [5.41, 5.74) is -0.467. The number of amides is 1. The van der Waals surface area contributed by atoms with E-state index in [1.807, 2.05) is 0 Å². The summed E-state index contributed by atoms with van der Waals surface area (Å²) in [4.78, 5) is 41.2. The predicted molar refractivity (Wildman–Crippen MR) is 104 cm³/mol. The van der Waals surface area contributed by atoms with Crippen molar-refractivity contribution in [3.8, 4) is 0 Å². The van der Waals surface area contributed by atoms with Crippen LogP contribution in [0.2, 0.25) is 0 Å². The molecule has 1 saturated heterocycles. The molecule has 0 bridgehead atoms. The van der Waals surface area contributed by atoms with Crippen molar-refractivity contribution in [2.24, 2.45) is 0 Å². The molecule has 1 aromatic heterocycles. The number of esters is 1. The summed E-state index contributed by atoms with van der Waals surface area (Å²) in [5.74, 6) is -1.31. The van der Waals surface area contributed by atoms with Crippen molar-refractivity contribution in [2.45, 2.75) is 32.4 Å². The third kappa shape index (κ3) is 4.09. The average Bonchev–Trinajstić information content (AvgIpc) is 3.01. The molecule has 0 saturated carbocycles. The Morgan fingerprint density at radius 3 is 2.68 bits per heavy atom. The first-order chi connectivity index (χ1) is 13.2. The van der Waals surface area contributed by atoms with Crippen LogP contribution in [0.25, 0.3) is 10.8 Å². The Bertz CT molecular complexity index is 1080. The summed E-state index contributed by atoms with van der Waals surface area (Å²) < 4.78 is 28.6. The van der Waals surface area contributed by atoms with Gasteiger partial charge in [0.15, 0.2) is 15.9 Å². The minimum atomic E-state index is -3.14. The van der Waals surface area contributed by atoms with Crippen LogP contribution in [0.15, 0.2) is 35.1 Å². The molecule has 1 N–H and O–H groups in total. The van der Waals surface area contributed by atoms with E-state index >= 15 is 0 Å². The van der Waals surface area contributed by atoms with Crippen LogP contribution >= 0.6 is 0 Å². The summed E-state index contributed by atoms with van der Waals surface area (Å²) in [6.45, 7) is 3.50. The quantitative estimate of drug-likeness (QED) is 0.744. The Morgan fingerprint density at radius 2 is 2.04 bits per heavy atom. The van der Waals surface area contributed by atoms with E-state index in [-0.39, 0.29) is 17.2 Å². The van der Waals surface area contributed by atoms with Gasteiger partial charge in [-0.05, 0) is 37.8 Å². The number of likely N-dealkylation sites (N-methyl/N-ethyl adjacent to an activating group) is 1. The van der Waals surface area contributed by atoms with E-state index in [0.717, 1.165) is 0 Å². The maximum absolute atomic E-state index is 12.7. The van der Waals surface area contributed by atoms with Crippen molar-refractivity contribution in [3.63, 3.8) is 0 Å². The molecule has 1 amide bonds. The lowest BCUT2D eigenvalue weighted by atomic mass is 10.1. The van der Waals surface area contributed by atoms with Crippen LogP contribution in [0.1, 0.15) is 30.8 Å². The van der Waals surface area contributed by atoms with Crippen LogP contribution < -0.4 is 5.56 Å². The molecule has 1 aliphatic rings. The highest BCUT2D eigenvalue weighted by molar-refractivity contribution is 7.91. The number of aromatic amines is 1. The number of nitrogens with one attached hydrogen (secondary N) is 1. The van der Waals surface area contributed by atoms with Crippen molar-refractivity contribution in [3.05, 3.63) is 46.4 Å². The zero-order chi connectivity index (χ0) is 20.5. The smallest absolute Gasteiger partial charge is 0.355 e. The SMILES string of the molecule is CCN(C(=O)[C@H](C)OC(=O)c1cc2ccccc2c(=O)[nH]1)[C@H]1CCS(=O)(=O)C1. The Hall–Kier alpha value is -2.68. The van der Waals surface area contributed by atoms with Gasteiger partial charge >= 0.3 is 5.97 Å². The molecular formula is C19H22N2O6S. The number of ether oxygens (including phenoxy) is 1. The van der Waals surface area contributed by atoms with Gasteiger partial charge in [0, 0.05) is 18.0 Å². The predicted octanol–water partition coefficient (Wildman–Crippen LogP) is 1.11. The van der Waals surface area contributed by atoms with E-state index in [1.165, 1.54) is 17.9 Å². The molecule has 1 fully saturated rings. The average molecular weight is 406 g/mol. The summed E-state index contributed by atoms with van der Waals surface area (Å²) in [7, 11) is -3.14. The maximum Gasteiger partial charge on any atom is 0.355 e. The highest BCUT2D eigenvalue weighted by atomic mass is 32.2. The van der Waals surface area contributed by atoms with E-state index < -0.39 is 39.4 Å². The number of benzene rings is 1. The van der Waals surface area contributed by atoms with Gasteiger partial charge in [-0.3, -0.25) is 9.59 Å². The lowest BCUT2D eigenvalue weighted by Gasteiger charge is -2.29. The van der Waals surface area contributed by atoms with Crippen molar-refractivity contribution in [1.29, 1.82) is 0 Å². The van der Waals surface area contributed by atoms with Crippen LogP contribution in [0.5, 0.6) is 0 Å². The van der Waals surface area contributed by atoms with Gasteiger partial charge in [-0.2, -0.15) is 0 Å². The number of rotatable bonds is 5. The zero-order valence-electron chi connectivity index (χ0n) is 15.7. The molecule has 150 valence electrons. The number of carbonyl (C=O) groups excluding carboxylic acids is 2. The van der Waals surface area contributed by atoms with Gasteiger partial charge in [0.2, 0.25) is 0 Å². The third-order valence-electron chi connectivity index (χ3n) is 4.88. The minimum absolute atomic E-state index is 0.0464. The van der Waals surface area contributed by atoms with E-state index in [0.29, 0.717) is 23.7 Å². The first-order valence-electron chi connectivity index (χ1n) is 9.06. The molecule has 0 unspecified atom stereocenters.